The summed E-state index contributed by atoms with van der Waals surface area (Å²) in [6.07, 6.45) is 6.16. The number of hydrogen-bond acceptors (Lipinski definition) is 4. The van der Waals surface area contributed by atoms with E-state index in [4.69, 9.17) is 10.5 Å². The van der Waals surface area contributed by atoms with E-state index in [9.17, 15) is 4.79 Å². The van der Waals surface area contributed by atoms with Crippen molar-refractivity contribution in [3.63, 3.8) is 0 Å². The van der Waals surface area contributed by atoms with E-state index in [1.54, 1.807) is 13.3 Å². The minimum absolute atomic E-state index is 0.0726. The van der Waals surface area contributed by atoms with Gasteiger partial charge in [-0.1, -0.05) is 6.07 Å². The molecule has 6 nitrogen and oxygen atoms in total. The van der Waals surface area contributed by atoms with Gasteiger partial charge >= 0.3 is 6.03 Å². The van der Waals surface area contributed by atoms with Crippen LogP contribution in [0.5, 0.6) is 5.75 Å². The van der Waals surface area contributed by atoms with Crippen LogP contribution in [-0.4, -0.2) is 42.2 Å². The molecule has 2 aromatic rings. The summed E-state index contributed by atoms with van der Waals surface area (Å²) < 4.78 is 5.32. The summed E-state index contributed by atoms with van der Waals surface area (Å²) in [5.74, 6) is 0.866. The Balaban J connectivity index is 1.43. The molecule has 2 heterocycles. The highest BCUT2D eigenvalue weighted by molar-refractivity contribution is 5.89. The maximum atomic E-state index is 12.8. The van der Waals surface area contributed by atoms with Crippen molar-refractivity contribution in [2.75, 3.05) is 25.5 Å². The average molecular weight is 366 g/mol. The van der Waals surface area contributed by atoms with E-state index in [0.29, 0.717) is 13.1 Å². The van der Waals surface area contributed by atoms with Crippen molar-refractivity contribution in [3.8, 4) is 5.75 Å². The SMILES string of the molecule is COc1ccc2c(c1)CCN(C(=O)Nc1cnc3c(c1)CC(N)CC3)CC2. The molecule has 1 aliphatic heterocycles. The zero-order valence-electron chi connectivity index (χ0n) is 15.7. The van der Waals surface area contributed by atoms with Gasteiger partial charge in [-0.15, -0.1) is 0 Å². The van der Waals surface area contributed by atoms with Crippen LogP contribution in [-0.2, 0) is 25.7 Å². The van der Waals surface area contributed by atoms with Gasteiger partial charge in [0.05, 0.1) is 19.0 Å². The third kappa shape index (κ3) is 3.90. The van der Waals surface area contributed by atoms with Gasteiger partial charge in [0.15, 0.2) is 0 Å². The lowest BCUT2D eigenvalue weighted by molar-refractivity contribution is 0.214. The molecule has 2 amide bonds. The number of hydrogen-bond donors (Lipinski definition) is 2. The maximum absolute atomic E-state index is 12.8. The molecule has 3 N–H and O–H groups in total. The number of fused-ring (bicyclic) bond motifs is 2. The number of aryl methyl sites for hydroxylation is 1. The second-order valence-corrected chi connectivity index (χ2v) is 7.38. The number of benzene rings is 1. The van der Waals surface area contributed by atoms with E-state index in [1.807, 2.05) is 17.0 Å². The number of aromatic nitrogens is 1. The smallest absolute Gasteiger partial charge is 0.321 e. The highest BCUT2D eigenvalue weighted by Crippen LogP contribution is 2.24. The summed E-state index contributed by atoms with van der Waals surface area (Å²) in [5.41, 5.74) is 11.6. The summed E-state index contributed by atoms with van der Waals surface area (Å²) >= 11 is 0. The summed E-state index contributed by atoms with van der Waals surface area (Å²) in [6, 6.07) is 8.30. The molecule has 1 aliphatic carbocycles. The molecule has 2 aliphatic rings. The third-order valence-electron chi connectivity index (χ3n) is 5.55. The number of nitrogens with two attached hydrogens (primary N) is 1. The predicted molar refractivity (Wildman–Crippen MR) is 105 cm³/mol. The summed E-state index contributed by atoms with van der Waals surface area (Å²) in [5, 5.41) is 3.01. The van der Waals surface area contributed by atoms with Crippen molar-refractivity contribution in [2.24, 2.45) is 5.73 Å². The Bertz CT molecular complexity index is 852. The Kier molecular flexibility index (Phi) is 4.99. The topological polar surface area (TPSA) is 80.5 Å². The van der Waals surface area contributed by atoms with Gasteiger partial charge in [-0.3, -0.25) is 4.98 Å². The molecule has 4 rings (SSSR count). The van der Waals surface area contributed by atoms with E-state index < -0.39 is 0 Å². The molecular weight excluding hydrogens is 340 g/mol. The summed E-state index contributed by atoms with van der Waals surface area (Å²) in [4.78, 5) is 19.2. The monoisotopic (exact) mass is 366 g/mol. The fourth-order valence-corrected chi connectivity index (χ4v) is 3.95. The predicted octanol–water partition coefficient (Wildman–Crippen LogP) is 2.54. The minimum atomic E-state index is -0.0726. The van der Waals surface area contributed by atoms with Crippen LogP contribution >= 0.6 is 0 Å². The van der Waals surface area contributed by atoms with Gasteiger partial charge in [-0.05, 0) is 67.0 Å². The average Bonchev–Trinajstić information content (AvgIpc) is 2.89. The van der Waals surface area contributed by atoms with Crippen LogP contribution in [0.4, 0.5) is 10.5 Å². The van der Waals surface area contributed by atoms with Gasteiger partial charge < -0.3 is 20.7 Å². The zero-order valence-corrected chi connectivity index (χ0v) is 15.7. The van der Waals surface area contributed by atoms with Crippen LogP contribution in [0.2, 0.25) is 0 Å². The van der Waals surface area contributed by atoms with Crippen molar-refractivity contribution < 1.29 is 9.53 Å². The van der Waals surface area contributed by atoms with Crippen LogP contribution in [0.25, 0.3) is 0 Å². The van der Waals surface area contributed by atoms with Crippen LogP contribution in [0.3, 0.4) is 0 Å². The lowest BCUT2D eigenvalue weighted by Gasteiger charge is -2.23. The van der Waals surface area contributed by atoms with Gasteiger partial charge in [0.2, 0.25) is 0 Å². The van der Waals surface area contributed by atoms with Crippen molar-refractivity contribution in [2.45, 2.75) is 38.1 Å². The Morgan fingerprint density at radius 3 is 2.81 bits per heavy atom. The maximum Gasteiger partial charge on any atom is 0.321 e. The number of methoxy groups -OCH3 is 1. The van der Waals surface area contributed by atoms with Gasteiger partial charge in [-0.25, -0.2) is 4.79 Å². The van der Waals surface area contributed by atoms with E-state index in [-0.39, 0.29) is 12.1 Å². The number of carbonyl (C=O) groups is 1. The third-order valence-corrected chi connectivity index (χ3v) is 5.55. The summed E-state index contributed by atoms with van der Waals surface area (Å²) in [6.45, 7) is 1.39. The van der Waals surface area contributed by atoms with Gasteiger partial charge in [0.1, 0.15) is 5.75 Å². The number of nitrogens with one attached hydrogen (secondary N) is 1. The first kappa shape index (κ1) is 17.8. The second-order valence-electron chi connectivity index (χ2n) is 7.38. The highest BCUT2D eigenvalue weighted by atomic mass is 16.5. The molecule has 0 radical (unpaired) electrons. The molecule has 0 spiro atoms. The highest BCUT2D eigenvalue weighted by Gasteiger charge is 2.21. The fraction of sp³-hybridized carbons (Fsp3) is 0.429. The molecule has 6 heteroatoms. The van der Waals surface area contributed by atoms with Crippen molar-refractivity contribution in [1.29, 1.82) is 0 Å². The number of carbonyl (C=O) groups excluding carboxylic acids is 1. The van der Waals surface area contributed by atoms with Gasteiger partial charge in [-0.2, -0.15) is 0 Å². The molecule has 0 saturated carbocycles. The summed E-state index contributed by atoms with van der Waals surface area (Å²) in [7, 11) is 1.68. The number of urea groups is 1. The minimum Gasteiger partial charge on any atom is -0.497 e. The Morgan fingerprint density at radius 1 is 1.19 bits per heavy atom. The Morgan fingerprint density at radius 2 is 2.00 bits per heavy atom. The van der Waals surface area contributed by atoms with Crippen LogP contribution in [0, 0.1) is 0 Å². The molecule has 27 heavy (non-hydrogen) atoms. The largest absolute Gasteiger partial charge is 0.497 e. The van der Waals surface area contributed by atoms with Crippen molar-refractivity contribution in [1.82, 2.24) is 9.88 Å². The second kappa shape index (κ2) is 7.56. The fourth-order valence-electron chi connectivity index (χ4n) is 3.95. The van der Waals surface area contributed by atoms with Gasteiger partial charge in [0.25, 0.3) is 0 Å². The molecule has 0 fully saturated rings. The van der Waals surface area contributed by atoms with Crippen LogP contribution in [0.15, 0.2) is 30.5 Å². The van der Waals surface area contributed by atoms with E-state index in [0.717, 1.165) is 54.8 Å². The van der Waals surface area contributed by atoms with Crippen molar-refractivity contribution >= 4 is 11.7 Å². The zero-order chi connectivity index (χ0) is 18.8. The van der Waals surface area contributed by atoms with Crippen molar-refractivity contribution in [3.05, 3.63) is 52.8 Å². The quantitative estimate of drug-likeness (QED) is 0.856. The molecule has 1 atom stereocenters. The van der Waals surface area contributed by atoms with E-state index in [2.05, 4.69) is 22.4 Å². The normalized spacial score (nSPS) is 18.9. The molecule has 0 bridgehead atoms. The lowest BCUT2D eigenvalue weighted by Crippen LogP contribution is -2.37. The number of nitrogens with zero attached hydrogens (tertiary/aromatic N) is 2. The first-order valence-corrected chi connectivity index (χ1v) is 9.57. The van der Waals surface area contributed by atoms with E-state index >= 15 is 0 Å². The first-order valence-electron chi connectivity index (χ1n) is 9.57. The Hall–Kier alpha value is -2.60. The molecule has 1 unspecified atom stereocenters. The Labute approximate surface area is 159 Å². The molecule has 1 aromatic carbocycles. The number of pyridine rings is 1. The van der Waals surface area contributed by atoms with E-state index in [1.165, 1.54) is 11.1 Å². The van der Waals surface area contributed by atoms with Gasteiger partial charge in [0, 0.05) is 24.8 Å². The standard InChI is InChI=1S/C21H26N4O2/c1-27-19-4-2-14-6-8-25(9-7-15(14)12-19)21(26)24-18-11-16-10-17(22)3-5-20(16)23-13-18/h2,4,11-13,17H,3,5-10,22H2,1H3,(H,24,26). The number of ether oxygens (including phenoxy) is 1. The number of amides is 2. The van der Waals surface area contributed by atoms with Crippen LogP contribution < -0.4 is 15.8 Å². The lowest BCUT2D eigenvalue weighted by atomic mass is 9.92. The number of anilines is 1. The molecular formula is C21H26N4O2. The molecule has 142 valence electrons. The number of rotatable bonds is 2. The van der Waals surface area contributed by atoms with Crippen LogP contribution in [0.1, 0.15) is 28.8 Å². The first-order chi connectivity index (χ1) is 13.1. The molecule has 0 saturated heterocycles. The molecule has 1 aromatic heterocycles.